The number of nitrogens with zero attached hydrogens (tertiary/aromatic N) is 1. The van der Waals surface area contributed by atoms with Gasteiger partial charge in [-0.05, 0) is 48.9 Å². The van der Waals surface area contributed by atoms with Gasteiger partial charge in [0.15, 0.2) is 0 Å². The van der Waals surface area contributed by atoms with Gasteiger partial charge < -0.3 is 10.0 Å². The zero-order valence-corrected chi connectivity index (χ0v) is 9.37. The minimum Gasteiger partial charge on any atom is -0.396 e. The molecular weight excluding hydrogens is 186 g/mol. The van der Waals surface area contributed by atoms with Gasteiger partial charge in [0, 0.05) is 25.9 Å². The minimum atomic E-state index is 0.273. The Bertz CT molecular complexity index is 335. The van der Waals surface area contributed by atoms with Crippen LogP contribution in [0.4, 0.5) is 5.69 Å². The molecule has 82 valence electrons. The highest BCUT2D eigenvalue weighted by molar-refractivity contribution is 5.51. The van der Waals surface area contributed by atoms with Crippen molar-refractivity contribution in [3.05, 3.63) is 29.3 Å². The van der Waals surface area contributed by atoms with Crippen LogP contribution in [0.2, 0.25) is 0 Å². The van der Waals surface area contributed by atoms with E-state index in [-0.39, 0.29) is 6.61 Å². The first-order valence-corrected chi connectivity index (χ1v) is 5.75. The number of hydrogen-bond donors (Lipinski definition) is 1. The number of anilines is 1. The summed E-state index contributed by atoms with van der Waals surface area (Å²) in [6, 6.07) is 6.76. The van der Waals surface area contributed by atoms with E-state index in [0.717, 1.165) is 13.0 Å². The molecule has 2 rings (SSSR count). The molecule has 0 radical (unpaired) electrons. The van der Waals surface area contributed by atoms with Crippen LogP contribution in [0.25, 0.3) is 0 Å². The van der Waals surface area contributed by atoms with Gasteiger partial charge >= 0.3 is 0 Å². The SMILES string of the molecule is CN(CCCO)c1ccc2c(c1)CCC2. The Hall–Kier alpha value is -1.02. The Labute approximate surface area is 91.5 Å². The smallest absolute Gasteiger partial charge is 0.0447 e. The normalized spacial score (nSPS) is 14.0. The first kappa shape index (κ1) is 10.5. The standard InChI is InChI=1S/C13H19NO/c1-14(8-3-9-15)13-7-6-11-4-2-5-12(11)10-13/h6-7,10,15H,2-5,8-9H2,1H3. The van der Waals surface area contributed by atoms with Gasteiger partial charge in [-0.25, -0.2) is 0 Å². The van der Waals surface area contributed by atoms with Crippen molar-refractivity contribution in [2.24, 2.45) is 0 Å². The molecule has 0 aromatic heterocycles. The molecule has 15 heavy (non-hydrogen) atoms. The van der Waals surface area contributed by atoms with Crippen LogP contribution in [0.3, 0.4) is 0 Å². The van der Waals surface area contributed by atoms with Crippen LogP contribution in [0, 0.1) is 0 Å². The molecule has 0 spiro atoms. The molecule has 2 heteroatoms. The third-order valence-corrected chi connectivity index (χ3v) is 3.17. The van der Waals surface area contributed by atoms with E-state index in [1.165, 1.54) is 36.1 Å². The molecule has 0 bridgehead atoms. The molecule has 2 nitrogen and oxygen atoms in total. The van der Waals surface area contributed by atoms with Crippen LogP contribution in [0.5, 0.6) is 0 Å². The Kier molecular flexibility index (Phi) is 3.27. The first-order valence-electron chi connectivity index (χ1n) is 5.75. The largest absolute Gasteiger partial charge is 0.396 e. The quantitative estimate of drug-likeness (QED) is 0.812. The van der Waals surface area contributed by atoms with Gasteiger partial charge in [0.1, 0.15) is 0 Å². The fourth-order valence-corrected chi connectivity index (χ4v) is 2.23. The number of aliphatic hydroxyl groups excluding tert-OH is 1. The Balaban J connectivity index is 2.08. The molecule has 0 saturated carbocycles. The van der Waals surface area contributed by atoms with Crippen LogP contribution in [0.1, 0.15) is 24.0 Å². The van der Waals surface area contributed by atoms with Gasteiger partial charge in [-0.15, -0.1) is 0 Å². The van der Waals surface area contributed by atoms with Crippen molar-refractivity contribution < 1.29 is 5.11 Å². The fraction of sp³-hybridized carbons (Fsp3) is 0.538. The second-order valence-corrected chi connectivity index (χ2v) is 4.31. The number of rotatable bonds is 4. The number of fused-ring (bicyclic) bond motifs is 1. The maximum atomic E-state index is 8.79. The Morgan fingerprint density at radius 1 is 1.27 bits per heavy atom. The fourth-order valence-electron chi connectivity index (χ4n) is 2.23. The molecule has 0 fully saturated rings. The van der Waals surface area contributed by atoms with Gasteiger partial charge in [-0.2, -0.15) is 0 Å². The summed E-state index contributed by atoms with van der Waals surface area (Å²) in [5.74, 6) is 0. The highest BCUT2D eigenvalue weighted by Gasteiger charge is 2.11. The predicted octanol–water partition coefficient (Wildman–Crippen LogP) is 1.99. The van der Waals surface area contributed by atoms with Crippen molar-refractivity contribution in [3.63, 3.8) is 0 Å². The van der Waals surface area contributed by atoms with Gasteiger partial charge in [-0.3, -0.25) is 0 Å². The van der Waals surface area contributed by atoms with Crippen LogP contribution in [-0.2, 0) is 12.8 Å². The lowest BCUT2D eigenvalue weighted by atomic mass is 10.1. The van der Waals surface area contributed by atoms with Gasteiger partial charge in [0.2, 0.25) is 0 Å². The lowest BCUT2D eigenvalue weighted by Gasteiger charge is -2.19. The van der Waals surface area contributed by atoms with Crippen molar-refractivity contribution in [1.29, 1.82) is 0 Å². The Morgan fingerprint density at radius 3 is 2.87 bits per heavy atom. The van der Waals surface area contributed by atoms with E-state index in [9.17, 15) is 0 Å². The summed E-state index contributed by atoms with van der Waals surface area (Å²) < 4.78 is 0. The van der Waals surface area contributed by atoms with Crippen molar-refractivity contribution >= 4 is 5.69 Å². The van der Waals surface area contributed by atoms with Crippen LogP contribution in [0.15, 0.2) is 18.2 Å². The molecule has 1 N–H and O–H groups in total. The van der Waals surface area contributed by atoms with Crippen LogP contribution in [-0.4, -0.2) is 25.3 Å². The summed E-state index contributed by atoms with van der Waals surface area (Å²) in [7, 11) is 2.09. The molecule has 0 saturated heterocycles. The van der Waals surface area contributed by atoms with Gasteiger partial charge in [0.05, 0.1) is 0 Å². The Morgan fingerprint density at radius 2 is 2.07 bits per heavy atom. The number of hydrogen-bond acceptors (Lipinski definition) is 2. The highest BCUT2D eigenvalue weighted by atomic mass is 16.3. The van der Waals surface area contributed by atoms with E-state index in [0.29, 0.717) is 0 Å². The average molecular weight is 205 g/mol. The van der Waals surface area contributed by atoms with E-state index in [2.05, 4.69) is 30.1 Å². The van der Waals surface area contributed by atoms with E-state index in [1.54, 1.807) is 0 Å². The van der Waals surface area contributed by atoms with Gasteiger partial charge in [0.25, 0.3) is 0 Å². The van der Waals surface area contributed by atoms with Crippen LogP contribution >= 0.6 is 0 Å². The van der Waals surface area contributed by atoms with Gasteiger partial charge in [-0.1, -0.05) is 6.07 Å². The predicted molar refractivity (Wildman–Crippen MR) is 63.4 cm³/mol. The molecule has 1 aromatic carbocycles. The second-order valence-electron chi connectivity index (χ2n) is 4.31. The van der Waals surface area contributed by atoms with Crippen LogP contribution < -0.4 is 4.90 Å². The lowest BCUT2D eigenvalue weighted by molar-refractivity contribution is 0.290. The van der Waals surface area contributed by atoms with Crippen molar-refractivity contribution in [2.75, 3.05) is 25.1 Å². The number of benzene rings is 1. The van der Waals surface area contributed by atoms with Crippen molar-refractivity contribution in [1.82, 2.24) is 0 Å². The second kappa shape index (κ2) is 4.67. The molecule has 0 atom stereocenters. The minimum absolute atomic E-state index is 0.273. The van der Waals surface area contributed by atoms with E-state index < -0.39 is 0 Å². The highest BCUT2D eigenvalue weighted by Crippen LogP contribution is 2.26. The summed E-state index contributed by atoms with van der Waals surface area (Å²) in [5.41, 5.74) is 4.32. The summed E-state index contributed by atoms with van der Waals surface area (Å²) in [5, 5.41) is 8.79. The summed E-state index contributed by atoms with van der Waals surface area (Å²) >= 11 is 0. The molecule has 1 aliphatic rings. The van der Waals surface area contributed by atoms with E-state index in [1.807, 2.05) is 0 Å². The van der Waals surface area contributed by atoms with Crippen molar-refractivity contribution in [3.8, 4) is 0 Å². The van der Waals surface area contributed by atoms with E-state index in [4.69, 9.17) is 5.11 Å². The molecule has 1 aliphatic carbocycles. The summed E-state index contributed by atoms with van der Waals surface area (Å²) in [6.07, 6.45) is 4.62. The molecule has 0 amide bonds. The molecular formula is C13H19NO. The third kappa shape index (κ3) is 2.32. The monoisotopic (exact) mass is 205 g/mol. The molecule has 0 unspecified atom stereocenters. The van der Waals surface area contributed by atoms with E-state index >= 15 is 0 Å². The lowest BCUT2D eigenvalue weighted by Crippen LogP contribution is -2.19. The molecule has 0 aliphatic heterocycles. The first-order chi connectivity index (χ1) is 7.31. The third-order valence-electron chi connectivity index (χ3n) is 3.17. The zero-order chi connectivity index (χ0) is 10.7. The maximum absolute atomic E-state index is 8.79. The summed E-state index contributed by atoms with van der Waals surface area (Å²) in [4.78, 5) is 2.22. The number of aryl methyl sites for hydroxylation is 2. The average Bonchev–Trinajstić information content (AvgIpc) is 2.72. The molecule has 0 heterocycles. The topological polar surface area (TPSA) is 23.5 Å². The zero-order valence-electron chi connectivity index (χ0n) is 9.37. The van der Waals surface area contributed by atoms with Crippen molar-refractivity contribution in [2.45, 2.75) is 25.7 Å². The maximum Gasteiger partial charge on any atom is 0.0447 e. The summed E-state index contributed by atoms with van der Waals surface area (Å²) in [6.45, 7) is 1.20. The molecule has 1 aromatic rings. The number of aliphatic hydroxyl groups is 1.